The molecule has 0 saturated heterocycles. The summed E-state index contributed by atoms with van der Waals surface area (Å²) in [5.41, 5.74) is 0.525. The van der Waals surface area contributed by atoms with Gasteiger partial charge in [-0.25, -0.2) is 4.98 Å². The summed E-state index contributed by atoms with van der Waals surface area (Å²) in [6.45, 7) is 2.35. The van der Waals surface area contributed by atoms with Crippen LogP contribution in [0.3, 0.4) is 0 Å². The van der Waals surface area contributed by atoms with Gasteiger partial charge in [-0.05, 0) is 63.4 Å². The topological polar surface area (TPSA) is 131 Å². The van der Waals surface area contributed by atoms with Gasteiger partial charge in [-0.1, -0.05) is 0 Å². The van der Waals surface area contributed by atoms with E-state index in [2.05, 4.69) is 25.7 Å². The Hall–Kier alpha value is -3.51. The van der Waals surface area contributed by atoms with E-state index in [1.807, 2.05) is 12.2 Å². The molecule has 2 atom stereocenters. The van der Waals surface area contributed by atoms with Crippen LogP contribution in [0.5, 0.6) is 0 Å². The smallest absolute Gasteiger partial charge is 0.346 e. The first-order valence-corrected chi connectivity index (χ1v) is 12.4. The third-order valence-corrected chi connectivity index (χ3v) is 6.76. The number of halogens is 3. The molecule has 13 heteroatoms. The van der Waals surface area contributed by atoms with Crippen molar-refractivity contribution in [2.45, 2.75) is 64.2 Å². The van der Waals surface area contributed by atoms with Crippen LogP contribution in [-0.4, -0.2) is 56.2 Å². The molecule has 2 aliphatic rings. The average Bonchev–Trinajstić information content (AvgIpc) is 3.81. The van der Waals surface area contributed by atoms with E-state index in [-0.39, 0.29) is 23.3 Å². The molecule has 2 saturated carbocycles. The van der Waals surface area contributed by atoms with Crippen molar-refractivity contribution >= 4 is 23.5 Å². The van der Waals surface area contributed by atoms with Gasteiger partial charge in [-0.3, -0.25) is 24.0 Å². The molecule has 2 aliphatic carbocycles. The number of aryl methyl sites for hydroxylation is 1. The van der Waals surface area contributed by atoms with E-state index in [1.165, 1.54) is 25.5 Å². The summed E-state index contributed by atoms with van der Waals surface area (Å²) in [6, 6.07) is 0.828. The number of carbonyl (C=O) groups excluding carboxylic acids is 3. The normalized spacial score (nSPS) is 17.2. The molecule has 0 radical (unpaired) electrons. The third-order valence-electron chi connectivity index (χ3n) is 6.76. The van der Waals surface area contributed by atoms with Crippen molar-refractivity contribution in [2.75, 3.05) is 11.9 Å². The molecule has 3 amide bonds. The highest BCUT2D eigenvalue weighted by molar-refractivity contribution is 6.00. The Balaban J connectivity index is 1.45. The van der Waals surface area contributed by atoms with Crippen LogP contribution in [0.4, 0.5) is 19.0 Å². The van der Waals surface area contributed by atoms with Crippen LogP contribution in [0.1, 0.15) is 61.6 Å². The number of rotatable bonds is 11. The Labute approximate surface area is 211 Å². The molecule has 2 aromatic heterocycles. The highest BCUT2D eigenvalue weighted by Crippen LogP contribution is 2.50. The van der Waals surface area contributed by atoms with E-state index in [4.69, 9.17) is 0 Å². The summed E-state index contributed by atoms with van der Waals surface area (Å²) in [5, 5.41) is 11.6. The molecule has 4 rings (SSSR count). The second-order valence-corrected chi connectivity index (χ2v) is 9.61. The number of alkyl halides is 3. The molecule has 0 spiro atoms. The average molecular weight is 522 g/mol. The van der Waals surface area contributed by atoms with Gasteiger partial charge in [0.2, 0.25) is 11.8 Å². The molecule has 3 N–H and O–H groups in total. The molecule has 2 fully saturated rings. The molecule has 0 aromatic carbocycles. The predicted octanol–water partition coefficient (Wildman–Crippen LogP) is 2.65. The molecule has 0 unspecified atom stereocenters. The zero-order valence-electron chi connectivity index (χ0n) is 20.6. The monoisotopic (exact) mass is 521 g/mol. The van der Waals surface area contributed by atoms with Gasteiger partial charge < -0.3 is 16.0 Å². The molecule has 2 aromatic rings. The highest BCUT2D eigenvalue weighted by atomic mass is 19.4. The second-order valence-electron chi connectivity index (χ2n) is 9.61. The van der Waals surface area contributed by atoms with Gasteiger partial charge in [0.15, 0.2) is 5.82 Å². The summed E-state index contributed by atoms with van der Waals surface area (Å²) in [6.07, 6.45) is 3.54. The number of anilines is 1. The minimum absolute atomic E-state index is 0.00605. The van der Waals surface area contributed by atoms with Gasteiger partial charge in [-0.2, -0.15) is 18.3 Å². The number of aromatic nitrogens is 4. The largest absolute Gasteiger partial charge is 0.405 e. The Morgan fingerprint density at radius 1 is 1.08 bits per heavy atom. The van der Waals surface area contributed by atoms with Crippen molar-refractivity contribution in [1.82, 2.24) is 30.4 Å². The van der Waals surface area contributed by atoms with Gasteiger partial charge in [0.25, 0.3) is 5.91 Å². The van der Waals surface area contributed by atoms with Crippen LogP contribution in [-0.2, 0) is 16.1 Å². The number of hydrogen-bond acceptors (Lipinski definition) is 6. The van der Waals surface area contributed by atoms with Crippen LogP contribution in [0.15, 0.2) is 24.7 Å². The first kappa shape index (κ1) is 26.6. The van der Waals surface area contributed by atoms with Crippen molar-refractivity contribution in [1.29, 1.82) is 0 Å². The molecule has 10 nitrogen and oxygen atoms in total. The summed E-state index contributed by atoms with van der Waals surface area (Å²) in [4.78, 5) is 46.7. The number of hydrogen-bond donors (Lipinski definition) is 3. The number of nitrogens with zero attached hydrogens (tertiary/aromatic N) is 4. The Morgan fingerprint density at radius 3 is 2.30 bits per heavy atom. The quantitative estimate of drug-likeness (QED) is 0.417. The zero-order chi connectivity index (χ0) is 26.7. The van der Waals surface area contributed by atoms with Crippen molar-refractivity contribution in [3.8, 4) is 0 Å². The highest BCUT2D eigenvalue weighted by Gasteiger charge is 2.48. The van der Waals surface area contributed by atoms with E-state index < -0.39 is 36.5 Å². The van der Waals surface area contributed by atoms with Crippen LogP contribution < -0.4 is 16.0 Å². The molecular formula is C24H30F3N7O3. The van der Waals surface area contributed by atoms with Crippen LogP contribution in [0, 0.1) is 17.8 Å². The number of nitrogens with one attached hydrogen (secondary N) is 3. The summed E-state index contributed by atoms with van der Waals surface area (Å²) in [7, 11) is 0. The lowest BCUT2D eigenvalue weighted by atomic mass is 9.88. The molecule has 0 bridgehead atoms. The summed E-state index contributed by atoms with van der Waals surface area (Å²) >= 11 is 0. The summed E-state index contributed by atoms with van der Waals surface area (Å²) in [5.74, 6) is -1.76. The van der Waals surface area contributed by atoms with Gasteiger partial charge in [0, 0.05) is 12.7 Å². The zero-order valence-corrected chi connectivity index (χ0v) is 20.6. The summed E-state index contributed by atoms with van der Waals surface area (Å²) < 4.78 is 38.7. The molecule has 2 heterocycles. The van der Waals surface area contributed by atoms with Gasteiger partial charge in [0.05, 0.1) is 24.0 Å². The van der Waals surface area contributed by atoms with Crippen LogP contribution in [0.25, 0.3) is 0 Å². The van der Waals surface area contributed by atoms with E-state index in [0.717, 1.165) is 25.7 Å². The van der Waals surface area contributed by atoms with E-state index in [1.54, 1.807) is 10.7 Å². The lowest BCUT2D eigenvalue weighted by molar-refractivity contribution is -0.139. The fraction of sp³-hybridized carbons (Fsp3) is 0.583. The molecular weight excluding hydrogens is 491 g/mol. The predicted molar refractivity (Wildman–Crippen MR) is 126 cm³/mol. The first-order chi connectivity index (χ1) is 17.6. The molecule has 200 valence electrons. The van der Waals surface area contributed by atoms with Gasteiger partial charge in [0.1, 0.15) is 18.3 Å². The van der Waals surface area contributed by atoms with E-state index in [0.29, 0.717) is 24.1 Å². The lowest BCUT2D eigenvalue weighted by Crippen LogP contribution is -2.50. The minimum atomic E-state index is -4.52. The third kappa shape index (κ3) is 6.83. The lowest BCUT2D eigenvalue weighted by Gasteiger charge is -2.27. The number of amides is 3. The maximum Gasteiger partial charge on any atom is 0.405 e. The fourth-order valence-electron chi connectivity index (χ4n) is 4.53. The standard InChI is InChI=1S/C24H30F3N7O3/c1-3-34-17(8-9-31-34)22(36)33-20(19(14-4-5-14)15-6-7-15)23(37)32-18-11-28-16(10-29-18)13(2)21(35)30-12-24(25,26)27/h8-11,13-15,19-20H,3-7,12H2,1-2H3,(H,30,35)(H,33,36)(H,29,32,37)/t13-,20-/m0/s1. The first-order valence-electron chi connectivity index (χ1n) is 12.4. The maximum absolute atomic E-state index is 13.4. The van der Waals surface area contributed by atoms with Crippen LogP contribution >= 0.6 is 0 Å². The minimum Gasteiger partial charge on any atom is -0.346 e. The van der Waals surface area contributed by atoms with Crippen LogP contribution in [0.2, 0.25) is 0 Å². The van der Waals surface area contributed by atoms with E-state index in [9.17, 15) is 27.6 Å². The molecule has 0 aliphatic heterocycles. The molecule has 37 heavy (non-hydrogen) atoms. The Morgan fingerprint density at radius 2 is 1.76 bits per heavy atom. The number of carbonyl (C=O) groups is 3. The fourth-order valence-corrected chi connectivity index (χ4v) is 4.53. The Kier molecular flexibility index (Phi) is 7.79. The van der Waals surface area contributed by atoms with Crippen molar-refractivity contribution in [2.24, 2.45) is 17.8 Å². The maximum atomic E-state index is 13.4. The SMILES string of the molecule is CCn1nccc1C(=O)N[C@H](C(=O)Nc1cnc([C@H](C)C(=O)NCC(F)(F)F)cn1)C(C1CC1)C1CC1. The van der Waals surface area contributed by atoms with Gasteiger partial charge >= 0.3 is 6.18 Å². The van der Waals surface area contributed by atoms with Crippen molar-refractivity contribution in [3.63, 3.8) is 0 Å². The van der Waals surface area contributed by atoms with Crippen molar-refractivity contribution < 1.29 is 27.6 Å². The van der Waals surface area contributed by atoms with E-state index >= 15 is 0 Å². The van der Waals surface area contributed by atoms with Crippen molar-refractivity contribution in [3.05, 3.63) is 36.0 Å². The second kappa shape index (κ2) is 10.9. The Bertz CT molecular complexity index is 1120. The van der Waals surface area contributed by atoms with Gasteiger partial charge in [-0.15, -0.1) is 0 Å².